The van der Waals surface area contributed by atoms with E-state index in [1.807, 2.05) is 18.4 Å². The summed E-state index contributed by atoms with van der Waals surface area (Å²) in [5, 5.41) is 1.82. The summed E-state index contributed by atoms with van der Waals surface area (Å²) in [5.74, 6) is -0.566. The van der Waals surface area contributed by atoms with Crippen LogP contribution < -0.4 is 9.74 Å². The zero-order valence-electron chi connectivity index (χ0n) is 18.1. The van der Waals surface area contributed by atoms with Gasteiger partial charge >= 0.3 is 16.1 Å². The van der Waals surface area contributed by atoms with Crippen molar-refractivity contribution in [1.29, 1.82) is 0 Å². The zero-order valence-corrected chi connectivity index (χ0v) is 19.7. The van der Waals surface area contributed by atoms with E-state index in [-0.39, 0.29) is 28.4 Å². The van der Waals surface area contributed by atoms with Gasteiger partial charge in [0.05, 0.1) is 11.3 Å². The van der Waals surface area contributed by atoms with Crippen molar-refractivity contribution in [2.24, 2.45) is 0 Å². The number of benzene rings is 2. The number of thiazole rings is 1. The minimum Gasteiger partial charge on any atom is -0.456 e. The summed E-state index contributed by atoms with van der Waals surface area (Å²) >= 11 is 1.33. The Hall–Kier alpha value is -3.50. The maximum atomic E-state index is 12.6. The Labute approximate surface area is 194 Å². The van der Waals surface area contributed by atoms with Crippen molar-refractivity contribution in [3.8, 4) is 5.75 Å². The van der Waals surface area contributed by atoms with Crippen molar-refractivity contribution >= 4 is 32.4 Å². The van der Waals surface area contributed by atoms with Gasteiger partial charge in [-0.2, -0.15) is 8.42 Å². The smallest absolute Gasteiger partial charge is 0.339 e. The van der Waals surface area contributed by atoms with Gasteiger partial charge in [-0.25, -0.2) is 9.78 Å². The molecule has 0 saturated heterocycles. The highest BCUT2D eigenvalue weighted by molar-refractivity contribution is 7.87. The highest BCUT2D eigenvalue weighted by Gasteiger charge is 2.20. The molecule has 0 aliphatic carbocycles. The van der Waals surface area contributed by atoms with E-state index in [0.29, 0.717) is 16.2 Å². The normalized spacial score (nSPS) is 11.5. The lowest BCUT2D eigenvalue weighted by Crippen LogP contribution is -2.16. The molecule has 0 radical (unpaired) electrons. The molecule has 2 aromatic heterocycles. The number of aromatic nitrogens is 2. The van der Waals surface area contributed by atoms with Gasteiger partial charge in [-0.05, 0) is 62.2 Å². The first-order chi connectivity index (χ1) is 15.6. The molecule has 0 spiro atoms. The number of nitrogens with zero attached hydrogens (tertiary/aromatic N) is 2. The average Bonchev–Trinajstić information content (AvgIpc) is 3.15. The molecule has 10 heteroatoms. The molecule has 0 amide bonds. The van der Waals surface area contributed by atoms with E-state index >= 15 is 0 Å². The molecule has 4 rings (SSSR count). The average molecular weight is 485 g/mol. The topological polar surface area (TPSA) is 104 Å². The van der Waals surface area contributed by atoms with Gasteiger partial charge in [-0.1, -0.05) is 12.1 Å². The Bertz CT molecular complexity index is 1520. The summed E-state index contributed by atoms with van der Waals surface area (Å²) in [4.78, 5) is 29.5. The second-order valence-electron chi connectivity index (χ2n) is 7.49. The van der Waals surface area contributed by atoms with Crippen molar-refractivity contribution in [3.05, 3.63) is 92.3 Å². The van der Waals surface area contributed by atoms with Crippen LogP contribution in [0.2, 0.25) is 0 Å². The molecule has 0 saturated carbocycles. The summed E-state index contributed by atoms with van der Waals surface area (Å²) in [6, 6.07) is 12.0. The van der Waals surface area contributed by atoms with Crippen molar-refractivity contribution in [3.63, 3.8) is 0 Å². The monoisotopic (exact) mass is 484 g/mol. The van der Waals surface area contributed by atoms with E-state index in [2.05, 4.69) is 4.98 Å². The third-order valence-corrected chi connectivity index (χ3v) is 7.22. The number of carbonyl (C=O) groups is 1. The number of rotatable bonds is 6. The van der Waals surface area contributed by atoms with Crippen LogP contribution in [0.4, 0.5) is 0 Å². The van der Waals surface area contributed by atoms with Gasteiger partial charge in [0.25, 0.3) is 5.56 Å². The molecule has 0 aliphatic heterocycles. The Morgan fingerprint density at radius 1 is 1.06 bits per heavy atom. The predicted molar refractivity (Wildman–Crippen MR) is 123 cm³/mol. The lowest BCUT2D eigenvalue weighted by atomic mass is 10.2. The Kier molecular flexibility index (Phi) is 6.05. The lowest BCUT2D eigenvalue weighted by molar-refractivity contribution is 0.0467. The van der Waals surface area contributed by atoms with Gasteiger partial charge in [0.1, 0.15) is 17.3 Å². The van der Waals surface area contributed by atoms with Gasteiger partial charge in [0.15, 0.2) is 4.96 Å². The van der Waals surface area contributed by atoms with Crippen molar-refractivity contribution in [1.82, 2.24) is 9.38 Å². The third kappa shape index (κ3) is 4.81. The number of hydrogen-bond acceptors (Lipinski definition) is 8. The van der Waals surface area contributed by atoms with Crippen LogP contribution in [0, 0.1) is 20.8 Å². The van der Waals surface area contributed by atoms with Crippen LogP contribution in [0.1, 0.15) is 32.9 Å². The third-order valence-electron chi connectivity index (χ3n) is 4.89. The summed E-state index contributed by atoms with van der Waals surface area (Å²) < 4.78 is 37.2. The van der Waals surface area contributed by atoms with Gasteiger partial charge in [-0.15, -0.1) is 11.3 Å². The van der Waals surface area contributed by atoms with Crippen molar-refractivity contribution < 1.29 is 22.1 Å². The number of hydrogen-bond donors (Lipinski definition) is 0. The zero-order chi connectivity index (χ0) is 23.8. The van der Waals surface area contributed by atoms with Crippen LogP contribution in [0.5, 0.6) is 5.75 Å². The van der Waals surface area contributed by atoms with Gasteiger partial charge in [0, 0.05) is 17.1 Å². The van der Waals surface area contributed by atoms with Crippen molar-refractivity contribution in [2.75, 3.05) is 0 Å². The molecule has 0 bridgehead atoms. The van der Waals surface area contributed by atoms with Crippen LogP contribution in [0.3, 0.4) is 0 Å². The molecule has 0 aliphatic rings. The standard InChI is InChI=1S/C23H20N2O6S2/c1-14-4-5-15(2)20(10-14)33(28,29)31-19-8-6-17(7-9-19)22(27)30-12-18-11-21(26)25-16(3)13-32-23(25)24-18/h4-11,13H,12H2,1-3H3. The number of fused-ring (bicyclic) bond motifs is 1. The van der Waals surface area contributed by atoms with E-state index < -0.39 is 16.1 Å². The molecule has 170 valence electrons. The second kappa shape index (κ2) is 8.80. The van der Waals surface area contributed by atoms with Gasteiger partial charge in [0.2, 0.25) is 0 Å². The van der Waals surface area contributed by atoms with E-state index in [1.54, 1.807) is 26.0 Å². The largest absolute Gasteiger partial charge is 0.456 e. The quantitative estimate of drug-likeness (QED) is 0.303. The first kappa shape index (κ1) is 22.7. The summed E-state index contributed by atoms with van der Waals surface area (Å²) in [7, 11) is -4.02. The first-order valence-corrected chi connectivity index (χ1v) is 12.2. The predicted octanol–water partition coefficient (Wildman–Crippen LogP) is 3.81. The highest BCUT2D eigenvalue weighted by atomic mass is 32.2. The van der Waals surface area contributed by atoms with E-state index in [1.165, 1.54) is 46.1 Å². The number of esters is 1. The molecule has 0 fully saturated rings. The Morgan fingerprint density at radius 2 is 1.79 bits per heavy atom. The summed E-state index contributed by atoms with van der Waals surface area (Å²) in [6.07, 6.45) is 0. The van der Waals surface area contributed by atoms with E-state index in [4.69, 9.17) is 8.92 Å². The molecular weight excluding hydrogens is 464 g/mol. The van der Waals surface area contributed by atoms with Gasteiger partial charge in [-0.3, -0.25) is 9.20 Å². The molecule has 2 heterocycles. The SMILES string of the molecule is Cc1ccc(C)c(S(=O)(=O)Oc2ccc(C(=O)OCc3cc(=O)n4c(C)csc4n3)cc2)c1. The van der Waals surface area contributed by atoms with Gasteiger partial charge < -0.3 is 8.92 Å². The molecule has 0 atom stereocenters. The number of aryl methyl sites for hydroxylation is 3. The molecule has 0 unspecified atom stereocenters. The van der Waals surface area contributed by atoms with Crippen LogP contribution >= 0.6 is 11.3 Å². The fraction of sp³-hybridized carbons (Fsp3) is 0.174. The molecular formula is C23H20N2O6S2. The van der Waals surface area contributed by atoms with E-state index in [9.17, 15) is 18.0 Å². The molecule has 0 N–H and O–H groups in total. The Balaban J connectivity index is 1.44. The van der Waals surface area contributed by atoms with Crippen LogP contribution in [-0.4, -0.2) is 23.8 Å². The molecule has 2 aromatic carbocycles. The van der Waals surface area contributed by atoms with Crippen LogP contribution in [0.25, 0.3) is 4.96 Å². The lowest BCUT2D eigenvalue weighted by Gasteiger charge is -2.10. The summed E-state index contributed by atoms with van der Waals surface area (Å²) in [5.41, 5.74) is 2.47. The second-order valence-corrected chi connectivity index (χ2v) is 9.84. The van der Waals surface area contributed by atoms with Crippen LogP contribution in [-0.2, 0) is 21.5 Å². The summed E-state index contributed by atoms with van der Waals surface area (Å²) in [6.45, 7) is 5.13. The van der Waals surface area contributed by atoms with Crippen molar-refractivity contribution in [2.45, 2.75) is 32.3 Å². The van der Waals surface area contributed by atoms with E-state index in [0.717, 1.165) is 11.3 Å². The van der Waals surface area contributed by atoms with Crippen LogP contribution in [0.15, 0.2) is 63.6 Å². The highest BCUT2D eigenvalue weighted by Crippen LogP contribution is 2.23. The molecule has 4 aromatic rings. The first-order valence-electron chi connectivity index (χ1n) is 9.90. The molecule has 33 heavy (non-hydrogen) atoms. The maximum absolute atomic E-state index is 12.6. The maximum Gasteiger partial charge on any atom is 0.339 e. The Morgan fingerprint density at radius 3 is 2.52 bits per heavy atom. The minimum atomic E-state index is -4.02. The fourth-order valence-corrected chi connectivity index (χ4v) is 5.33. The fourth-order valence-electron chi connectivity index (χ4n) is 3.19. The number of carbonyl (C=O) groups excluding carboxylic acids is 1. The number of ether oxygens (including phenoxy) is 1. The molecule has 8 nitrogen and oxygen atoms in total. The minimum absolute atomic E-state index is 0.0701.